The Morgan fingerprint density at radius 3 is 3.04 bits per heavy atom. The number of carbonyl (C=O) groups excluding carboxylic acids is 2. The maximum atomic E-state index is 12.8. The van der Waals surface area contributed by atoms with Crippen LogP contribution in [-0.4, -0.2) is 74.6 Å². The minimum Gasteiger partial charge on any atom is -0.396 e. The van der Waals surface area contributed by atoms with Gasteiger partial charge in [-0.3, -0.25) is 9.59 Å². The van der Waals surface area contributed by atoms with Gasteiger partial charge in [0.15, 0.2) is 5.16 Å². The number of hydrogen-bond donors (Lipinski definition) is 3. The Hall–Kier alpha value is -2.43. The van der Waals surface area contributed by atoms with Crippen LogP contribution in [0.2, 0.25) is 0 Å². The molecule has 1 fully saturated rings. The predicted molar refractivity (Wildman–Crippen MR) is 106 cm³/mol. The molecular weight excluding hydrogens is 380 g/mol. The van der Waals surface area contributed by atoms with Crippen molar-refractivity contribution >= 4 is 29.3 Å². The molecule has 1 aliphatic heterocycles. The topological polar surface area (TPSA) is 112 Å². The number of piperazine rings is 1. The summed E-state index contributed by atoms with van der Waals surface area (Å²) in [5, 5.41) is 23.6. The van der Waals surface area contributed by atoms with Crippen LogP contribution in [0.15, 0.2) is 35.7 Å². The van der Waals surface area contributed by atoms with E-state index in [-0.39, 0.29) is 30.2 Å². The van der Waals surface area contributed by atoms with Gasteiger partial charge < -0.3 is 25.2 Å². The number of aliphatic hydroxyl groups excluding tert-OH is 1. The SMILES string of the molecule is Cn1cnnc1SCC(=O)Nc1cccc(C(=O)N2CCNC(CCO)C2)c1. The second-order valence-corrected chi connectivity index (χ2v) is 7.50. The molecule has 0 saturated carbocycles. The summed E-state index contributed by atoms with van der Waals surface area (Å²) in [6.45, 7) is 1.97. The van der Waals surface area contributed by atoms with Crippen molar-refractivity contribution in [3.05, 3.63) is 36.2 Å². The van der Waals surface area contributed by atoms with E-state index in [1.54, 1.807) is 40.1 Å². The zero-order valence-electron chi connectivity index (χ0n) is 15.7. The van der Waals surface area contributed by atoms with Crippen molar-refractivity contribution in [1.29, 1.82) is 0 Å². The number of anilines is 1. The lowest BCUT2D eigenvalue weighted by molar-refractivity contribution is -0.113. The Morgan fingerprint density at radius 2 is 2.29 bits per heavy atom. The Kier molecular flexibility index (Phi) is 7.01. The molecule has 150 valence electrons. The largest absolute Gasteiger partial charge is 0.396 e. The quantitative estimate of drug-likeness (QED) is 0.571. The summed E-state index contributed by atoms with van der Waals surface area (Å²) in [6, 6.07) is 7.05. The van der Waals surface area contributed by atoms with Crippen molar-refractivity contribution in [1.82, 2.24) is 25.0 Å². The normalized spacial score (nSPS) is 16.8. The second-order valence-electron chi connectivity index (χ2n) is 6.56. The molecule has 1 atom stereocenters. The summed E-state index contributed by atoms with van der Waals surface area (Å²) in [7, 11) is 1.82. The maximum Gasteiger partial charge on any atom is 0.254 e. The van der Waals surface area contributed by atoms with E-state index in [0.29, 0.717) is 42.5 Å². The number of aliphatic hydroxyl groups is 1. The molecule has 2 amide bonds. The first-order valence-corrected chi connectivity index (χ1v) is 10.1. The molecule has 1 aromatic carbocycles. The predicted octanol–water partition coefficient (Wildman–Crippen LogP) is 0.342. The van der Waals surface area contributed by atoms with Gasteiger partial charge in [0, 0.05) is 50.6 Å². The highest BCUT2D eigenvalue weighted by Gasteiger charge is 2.24. The van der Waals surface area contributed by atoms with E-state index in [1.165, 1.54) is 11.8 Å². The summed E-state index contributed by atoms with van der Waals surface area (Å²) < 4.78 is 1.74. The molecular formula is C18H24N6O3S. The molecule has 3 N–H and O–H groups in total. The lowest BCUT2D eigenvalue weighted by atomic mass is 10.1. The molecule has 10 heteroatoms. The van der Waals surface area contributed by atoms with Crippen LogP contribution in [0.4, 0.5) is 5.69 Å². The number of hydrogen-bond acceptors (Lipinski definition) is 7. The Labute approximate surface area is 167 Å². The van der Waals surface area contributed by atoms with E-state index in [4.69, 9.17) is 5.11 Å². The monoisotopic (exact) mass is 404 g/mol. The van der Waals surface area contributed by atoms with E-state index < -0.39 is 0 Å². The van der Waals surface area contributed by atoms with Crippen molar-refractivity contribution in [2.24, 2.45) is 7.05 Å². The van der Waals surface area contributed by atoms with E-state index in [2.05, 4.69) is 20.8 Å². The molecule has 0 bridgehead atoms. The fraction of sp³-hybridized carbons (Fsp3) is 0.444. The molecule has 2 aromatic rings. The Morgan fingerprint density at radius 1 is 1.43 bits per heavy atom. The second kappa shape index (κ2) is 9.67. The first kappa shape index (κ1) is 20.3. The lowest BCUT2D eigenvalue weighted by Crippen LogP contribution is -2.52. The summed E-state index contributed by atoms with van der Waals surface area (Å²) >= 11 is 1.29. The third-order valence-electron chi connectivity index (χ3n) is 4.42. The van der Waals surface area contributed by atoms with E-state index in [1.807, 2.05) is 7.05 Å². The Bertz CT molecular complexity index is 825. The smallest absolute Gasteiger partial charge is 0.254 e. The van der Waals surface area contributed by atoms with Gasteiger partial charge in [0.25, 0.3) is 5.91 Å². The highest BCUT2D eigenvalue weighted by molar-refractivity contribution is 7.99. The van der Waals surface area contributed by atoms with E-state index in [9.17, 15) is 9.59 Å². The van der Waals surface area contributed by atoms with Gasteiger partial charge in [-0.1, -0.05) is 17.8 Å². The van der Waals surface area contributed by atoms with Crippen molar-refractivity contribution in [3.8, 4) is 0 Å². The van der Waals surface area contributed by atoms with Crippen LogP contribution in [0.25, 0.3) is 0 Å². The van der Waals surface area contributed by atoms with Crippen molar-refractivity contribution in [2.45, 2.75) is 17.6 Å². The molecule has 1 unspecified atom stereocenters. The highest BCUT2D eigenvalue weighted by atomic mass is 32.2. The first-order valence-electron chi connectivity index (χ1n) is 9.07. The van der Waals surface area contributed by atoms with Gasteiger partial charge in [-0.2, -0.15) is 0 Å². The molecule has 1 aliphatic rings. The van der Waals surface area contributed by atoms with Gasteiger partial charge in [0.1, 0.15) is 6.33 Å². The molecule has 3 rings (SSSR count). The third kappa shape index (κ3) is 5.31. The number of aryl methyl sites for hydroxylation is 1. The van der Waals surface area contributed by atoms with Gasteiger partial charge in [-0.05, 0) is 24.6 Å². The average molecular weight is 404 g/mol. The van der Waals surface area contributed by atoms with Gasteiger partial charge in [0.05, 0.1) is 5.75 Å². The van der Waals surface area contributed by atoms with Crippen LogP contribution in [-0.2, 0) is 11.8 Å². The minimum absolute atomic E-state index is 0.0750. The van der Waals surface area contributed by atoms with Crippen LogP contribution in [0.3, 0.4) is 0 Å². The molecule has 0 aliphatic carbocycles. The number of thioether (sulfide) groups is 1. The van der Waals surface area contributed by atoms with E-state index >= 15 is 0 Å². The molecule has 28 heavy (non-hydrogen) atoms. The standard InChI is InChI=1S/C18H24N6O3S/c1-23-12-20-22-18(23)28-11-16(26)21-14-4-2-3-13(9-14)17(27)24-7-6-19-15(10-24)5-8-25/h2-4,9,12,15,19,25H,5-8,10-11H2,1H3,(H,21,26). The summed E-state index contributed by atoms with van der Waals surface area (Å²) in [6.07, 6.45) is 2.19. The van der Waals surface area contributed by atoms with Crippen LogP contribution in [0.5, 0.6) is 0 Å². The molecule has 1 saturated heterocycles. The molecule has 2 heterocycles. The number of benzene rings is 1. The zero-order valence-corrected chi connectivity index (χ0v) is 16.5. The third-order valence-corrected chi connectivity index (χ3v) is 5.45. The van der Waals surface area contributed by atoms with E-state index in [0.717, 1.165) is 0 Å². The maximum absolute atomic E-state index is 12.8. The highest BCUT2D eigenvalue weighted by Crippen LogP contribution is 2.17. The summed E-state index contributed by atoms with van der Waals surface area (Å²) in [5.74, 6) is -0.0532. The van der Waals surface area contributed by atoms with Crippen LogP contribution < -0.4 is 10.6 Å². The number of nitrogens with zero attached hydrogens (tertiary/aromatic N) is 4. The number of aromatic nitrogens is 3. The van der Waals surface area contributed by atoms with Crippen molar-refractivity contribution in [2.75, 3.05) is 37.3 Å². The summed E-state index contributed by atoms with van der Waals surface area (Å²) in [4.78, 5) is 26.8. The fourth-order valence-electron chi connectivity index (χ4n) is 3.00. The fourth-order valence-corrected chi connectivity index (χ4v) is 3.69. The number of amides is 2. The molecule has 0 spiro atoms. The van der Waals surface area contributed by atoms with Gasteiger partial charge in [-0.25, -0.2) is 0 Å². The lowest BCUT2D eigenvalue weighted by Gasteiger charge is -2.33. The number of rotatable bonds is 7. The van der Waals surface area contributed by atoms with Crippen LogP contribution >= 0.6 is 11.8 Å². The molecule has 1 aromatic heterocycles. The van der Waals surface area contributed by atoms with Crippen LogP contribution in [0, 0.1) is 0 Å². The van der Waals surface area contributed by atoms with Gasteiger partial charge in [-0.15, -0.1) is 10.2 Å². The first-order chi connectivity index (χ1) is 13.6. The van der Waals surface area contributed by atoms with Crippen molar-refractivity contribution in [3.63, 3.8) is 0 Å². The summed E-state index contributed by atoms with van der Waals surface area (Å²) in [5.41, 5.74) is 1.11. The number of carbonyl (C=O) groups is 2. The molecule has 0 radical (unpaired) electrons. The Balaban J connectivity index is 1.57. The van der Waals surface area contributed by atoms with Crippen molar-refractivity contribution < 1.29 is 14.7 Å². The zero-order chi connectivity index (χ0) is 19.9. The van der Waals surface area contributed by atoms with Gasteiger partial charge >= 0.3 is 0 Å². The minimum atomic E-state index is -0.178. The average Bonchev–Trinajstić information content (AvgIpc) is 3.11. The van der Waals surface area contributed by atoms with Gasteiger partial charge in [0.2, 0.25) is 5.91 Å². The number of nitrogens with one attached hydrogen (secondary N) is 2. The van der Waals surface area contributed by atoms with Crippen LogP contribution in [0.1, 0.15) is 16.8 Å². The molecule has 9 nitrogen and oxygen atoms in total.